The van der Waals surface area contributed by atoms with Crippen molar-refractivity contribution in [3.8, 4) is 0 Å². The molecule has 0 unspecified atom stereocenters. The lowest BCUT2D eigenvalue weighted by atomic mass is 9.97. The Hall–Kier alpha value is -2.12. The number of ether oxygens (including phenoxy) is 2. The molecule has 28 heavy (non-hydrogen) atoms. The Morgan fingerprint density at radius 1 is 1.18 bits per heavy atom. The minimum atomic E-state index is -0.0976. The fourth-order valence-corrected chi connectivity index (χ4v) is 3.88. The normalized spacial score (nSPS) is 19.5. The number of hydrogen-bond donors (Lipinski definition) is 1. The van der Waals surface area contributed by atoms with Gasteiger partial charge in [-0.15, -0.1) is 0 Å². The molecule has 0 spiro atoms. The van der Waals surface area contributed by atoms with E-state index in [4.69, 9.17) is 9.47 Å². The summed E-state index contributed by atoms with van der Waals surface area (Å²) in [5.74, 6) is 0.803. The van der Waals surface area contributed by atoms with Crippen molar-refractivity contribution in [2.75, 3.05) is 53.6 Å². The Kier molecular flexibility index (Phi) is 7.68. The highest BCUT2D eigenvalue weighted by Crippen LogP contribution is 2.19. The van der Waals surface area contributed by atoms with Gasteiger partial charge in [0.1, 0.15) is 0 Å². The lowest BCUT2D eigenvalue weighted by Crippen LogP contribution is -2.46. The number of piperidine rings is 1. The van der Waals surface area contributed by atoms with Crippen molar-refractivity contribution >= 4 is 11.9 Å². The highest BCUT2D eigenvalue weighted by molar-refractivity contribution is 5.80. The van der Waals surface area contributed by atoms with E-state index < -0.39 is 0 Å². The molecule has 1 aromatic carbocycles. The molecule has 2 aliphatic rings. The maximum atomic E-state index is 11.7. The van der Waals surface area contributed by atoms with Crippen LogP contribution in [-0.2, 0) is 27.4 Å². The second kappa shape index (κ2) is 10.4. The van der Waals surface area contributed by atoms with Gasteiger partial charge in [-0.25, -0.2) is 0 Å². The molecule has 0 aliphatic carbocycles. The summed E-state index contributed by atoms with van der Waals surface area (Å²) < 4.78 is 10.3. The number of benzene rings is 1. The molecule has 2 saturated heterocycles. The average molecular weight is 389 g/mol. The van der Waals surface area contributed by atoms with Gasteiger partial charge in [-0.1, -0.05) is 24.3 Å². The highest BCUT2D eigenvalue weighted by Gasteiger charge is 2.27. The van der Waals surface area contributed by atoms with Gasteiger partial charge in [-0.3, -0.25) is 14.7 Å². The van der Waals surface area contributed by atoms with Crippen molar-refractivity contribution in [3.63, 3.8) is 0 Å². The van der Waals surface area contributed by atoms with Crippen molar-refractivity contribution in [2.45, 2.75) is 25.9 Å². The lowest BCUT2D eigenvalue weighted by Gasteiger charge is -2.33. The molecule has 0 bridgehead atoms. The van der Waals surface area contributed by atoms with Gasteiger partial charge in [0.15, 0.2) is 5.96 Å². The predicted octanol–water partition coefficient (Wildman–Crippen LogP) is 1.48. The Bertz CT molecular complexity index is 665. The Labute approximate surface area is 167 Å². The SMILES string of the molecule is CN=C(NCc1ccccc1CN1CCOCC1)N1CCC(C(=O)OC)CC1. The highest BCUT2D eigenvalue weighted by atomic mass is 16.5. The van der Waals surface area contributed by atoms with Crippen LogP contribution in [0.2, 0.25) is 0 Å². The molecule has 0 atom stereocenters. The van der Waals surface area contributed by atoms with Crippen molar-refractivity contribution in [1.82, 2.24) is 15.1 Å². The Balaban J connectivity index is 1.55. The summed E-state index contributed by atoms with van der Waals surface area (Å²) in [5, 5.41) is 3.51. The van der Waals surface area contributed by atoms with Crippen LogP contribution < -0.4 is 5.32 Å². The smallest absolute Gasteiger partial charge is 0.308 e. The molecular formula is C21H32N4O3. The number of methoxy groups -OCH3 is 1. The van der Waals surface area contributed by atoms with Crippen LogP contribution in [0.5, 0.6) is 0 Å². The first-order valence-corrected chi connectivity index (χ1v) is 10.1. The number of guanidine groups is 1. The van der Waals surface area contributed by atoms with Gasteiger partial charge in [0, 0.05) is 46.3 Å². The zero-order valence-electron chi connectivity index (χ0n) is 17.0. The second-order valence-electron chi connectivity index (χ2n) is 7.34. The molecule has 0 amide bonds. The Morgan fingerprint density at radius 3 is 2.50 bits per heavy atom. The van der Waals surface area contributed by atoms with E-state index in [1.807, 2.05) is 7.05 Å². The van der Waals surface area contributed by atoms with Gasteiger partial charge in [-0.05, 0) is 24.0 Å². The molecule has 1 N–H and O–H groups in total. The zero-order valence-corrected chi connectivity index (χ0v) is 17.0. The van der Waals surface area contributed by atoms with Crippen molar-refractivity contribution in [3.05, 3.63) is 35.4 Å². The first-order valence-electron chi connectivity index (χ1n) is 10.1. The van der Waals surface area contributed by atoms with Gasteiger partial charge in [0.25, 0.3) is 0 Å². The van der Waals surface area contributed by atoms with E-state index in [9.17, 15) is 4.79 Å². The molecule has 0 radical (unpaired) electrons. The standard InChI is InChI=1S/C21H32N4O3/c1-22-21(25-9-7-17(8-10-25)20(26)27-2)23-15-18-5-3-4-6-19(18)16-24-11-13-28-14-12-24/h3-6,17H,7-16H2,1-2H3,(H,22,23). The fourth-order valence-electron chi connectivity index (χ4n) is 3.88. The number of aliphatic imine (C=N–C) groups is 1. The molecule has 2 fully saturated rings. The topological polar surface area (TPSA) is 66.4 Å². The van der Waals surface area contributed by atoms with Gasteiger partial charge in [0.2, 0.25) is 0 Å². The minimum absolute atomic E-state index is 0.00797. The van der Waals surface area contributed by atoms with E-state index in [2.05, 4.69) is 44.4 Å². The summed E-state index contributed by atoms with van der Waals surface area (Å²) in [6, 6.07) is 8.58. The number of rotatable bonds is 5. The van der Waals surface area contributed by atoms with Gasteiger partial charge in [-0.2, -0.15) is 0 Å². The van der Waals surface area contributed by atoms with Crippen LogP contribution >= 0.6 is 0 Å². The van der Waals surface area contributed by atoms with E-state index in [1.54, 1.807) is 0 Å². The number of carbonyl (C=O) groups excluding carboxylic acids is 1. The molecule has 0 aromatic heterocycles. The van der Waals surface area contributed by atoms with Crippen LogP contribution in [0, 0.1) is 5.92 Å². The number of carbonyl (C=O) groups is 1. The summed E-state index contributed by atoms with van der Waals surface area (Å²) in [5.41, 5.74) is 2.64. The molecule has 7 nitrogen and oxygen atoms in total. The van der Waals surface area contributed by atoms with Crippen LogP contribution in [0.3, 0.4) is 0 Å². The van der Waals surface area contributed by atoms with E-state index in [0.717, 1.165) is 71.3 Å². The third-order valence-electron chi connectivity index (χ3n) is 5.59. The summed E-state index contributed by atoms with van der Waals surface area (Å²) in [6.07, 6.45) is 1.61. The molecule has 7 heteroatoms. The number of likely N-dealkylation sites (tertiary alicyclic amines) is 1. The van der Waals surface area contributed by atoms with Gasteiger partial charge < -0.3 is 19.7 Å². The lowest BCUT2D eigenvalue weighted by molar-refractivity contribution is -0.146. The summed E-state index contributed by atoms with van der Waals surface area (Å²) in [7, 11) is 3.28. The number of nitrogens with zero attached hydrogens (tertiary/aromatic N) is 3. The average Bonchev–Trinajstić information content (AvgIpc) is 2.76. The monoisotopic (exact) mass is 388 g/mol. The van der Waals surface area contributed by atoms with E-state index in [-0.39, 0.29) is 11.9 Å². The van der Waals surface area contributed by atoms with Crippen molar-refractivity contribution in [2.24, 2.45) is 10.9 Å². The number of morpholine rings is 1. The molecular weight excluding hydrogens is 356 g/mol. The number of nitrogens with one attached hydrogen (secondary N) is 1. The predicted molar refractivity (Wildman–Crippen MR) is 109 cm³/mol. The zero-order chi connectivity index (χ0) is 19.8. The molecule has 1 aromatic rings. The molecule has 2 heterocycles. The van der Waals surface area contributed by atoms with Crippen molar-refractivity contribution < 1.29 is 14.3 Å². The first kappa shape index (κ1) is 20.6. The molecule has 0 saturated carbocycles. The first-order chi connectivity index (χ1) is 13.7. The van der Waals surface area contributed by atoms with Crippen LogP contribution in [-0.4, -0.2) is 75.3 Å². The maximum absolute atomic E-state index is 11.7. The minimum Gasteiger partial charge on any atom is -0.469 e. The number of hydrogen-bond acceptors (Lipinski definition) is 5. The number of esters is 1. The quantitative estimate of drug-likeness (QED) is 0.468. The fraction of sp³-hybridized carbons (Fsp3) is 0.619. The summed E-state index contributed by atoms with van der Waals surface area (Å²) in [6.45, 7) is 6.92. The Morgan fingerprint density at radius 2 is 1.86 bits per heavy atom. The van der Waals surface area contributed by atoms with Crippen LogP contribution in [0.25, 0.3) is 0 Å². The van der Waals surface area contributed by atoms with E-state index in [1.165, 1.54) is 18.2 Å². The van der Waals surface area contributed by atoms with E-state index >= 15 is 0 Å². The van der Waals surface area contributed by atoms with Crippen LogP contribution in [0.1, 0.15) is 24.0 Å². The maximum Gasteiger partial charge on any atom is 0.308 e. The summed E-state index contributed by atoms with van der Waals surface area (Å²) in [4.78, 5) is 20.8. The van der Waals surface area contributed by atoms with Crippen LogP contribution in [0.15, 0.2) is 29.3 Å². The van der Waals surface area contributed by atoms with Crippen molar-refractivity contribution in [1.29, 1.82) is 0 Å². The van der Waals surface area contributed by atoms with E-state index in [0.29, 0.717) is 0 Å². The molecule has 3 rings (SSSR count). The largest absolute Gasteiger partial charge is 0.469 e. The van der Waals surface area contributed by atoms with Gasteiger partial charge in [0.05, 0.1) is 26.2 Å². The van der Waals surface area contributed by atoms with Gasteiger partial charge >= 0.3 is 5.97 Å². The molecule has 2 aliphatic heterocycles. The third-order valence-corrected chi connectivity index (χ3v) is 5.59. The third kappa shape index (κ3) is 5.45. The van der Waals surface area contributed by atoms with Crippen LogP contribution in [0.4, 0.5) is 0 Å². The summed E-state index contributed by atoms with van der Waals surface area (Å²) >= 11 is 0. The second-order valence-corrected chi connectivity index (χ2v) is 7.34. The molecule has 154 valence electrons.